The van der Waals surface area contributed by atoms with Crippen molar-refractivity contribution in [2.24, 2.45) is 0 Å². The standard InChI is InChI=1S/C68H56Cl2F4N8O11/c1-87-17-15-81-57-25-43(23-53(73)63(57)77-59(81)27-41-21-51(71)47(29-49(41)69)55-7-5-9-61(75-55)91-35-37-11-13-39-31-79(67(85)89-3)33-45(39)19-37)65(83)93-66(84)44-24-54(74)64-58(26-44)82(16-18-88-2)60(78-64)28-42-22-52(72)48(30-50(42)70)56-8-6-10-62(76-56)92-36-38-12-14-40-32-80(68(86)90-4)34-46(40)20-38/h5-14,19-26,29-30H,15-18,27-28,31-36H2,1-4H3. The minimum absolute atomic E-state index is 0.0863. The van der Waals surface area contributed by atoms with Crippen molar-refractivity contribution in [1.82, 2.24) is 38.9 Å². The number of benzene rings is 6. The lowest BCUT2D eigenvalue weighted by Crippen LogP contribution is -2.24. The van der Waals surface area contributed by atoms with Gasteiger partial charge < -0.3 is 42.3 Å². The number of imidazole rings is 2. The summed E-state index contributed by atoms with van der Waals surface area (Å²) in [6, 6.07) is 31.0. The van der Waals surface area contributed by atoms with Gasteiger partial charge in [0, 0.05) is 99.6 Å². The Morgan fingerprint density at radius 2 is 0.903 bits per heavy atom. The molecule has 0 bridgehead atoms. The van der Waals surface area contributed by atoms with Crippen LogP contribution in [0.1, 0.15) is 76.9 Å². The van der Waals surface area contributed by atoms with Crippen LogP contribution in [-0.2, 0) is 89.0 Å². The molecule has 476 valence electrons. The summed E-state index contributed by atoms with van der Waals surface area (Å²) in [5, 5.41) is 0.297. The zero-order valence-corrected chi connectivity index (χ0v) is 51.9. The maximum atomic E-state index is 16.2. The van der Waals surface area contributed by atoms with Crippen molar-refractivity contribution in [3.63, 3.8) is 0 Å². The minimum atomic E-state index is -1.27. The summed E-state index contributed by atoms with van der Waals surface area (Å²) in [6.45, 7) is 2.41. The molecule has 19 nitrogen and oxygen atoms in total. The van der Waals surface area contributed by atoms with E-state index in [0.29, 0.717) is 37.3 Å². The van der Waals surface area contributed by atoms with Gasteiger partial charge in [0.25, 0.3) is 0 Å². The first-order valence-corrected chi connectivity index (χ1v) is 29.9. The van der Waals surface area contributed by atoms with Gasteiger partial charge in [-0.25, -0.2) is 56.7 Å². The van der Waals surface area contributed by atoms with E-state index in [2.05, 4.69) is 19.9 Å². The second-order valence-electron chi connectivity index (χ2n) is 22.0. The molecular weight excluding hydrogens is 1250 g/mol. The van der Waals surface area contributed by atoms with E-state index < -0.39 is 47.4 Å². The van der Waals surface area contributed by atoms with Crippen LogP contribution in [0.15, 0.2) is 121 Å². The van der Waals surface area contributed by atoms with Gasteiger partial charge in [0.2, 0.25) is 11.8 Å². The second-order valence-corrected chi connectivity index (χ2v) is 22.8. The van der Waals surface area contributed by atoms with E-state index in [1.807, 2.05) is 36.4 Å². The van der Waals surface area contributed by atoms with E-state index >= 15 is 17.6 Å². The number of rotatable bonds is 20. The van der Waals surface area contributed by atoms with Gasteiger partial charge in [-0.3, -0.25) is 9.80 Å². The molecule has 0 N–H and O–H groups in total. The smallest absolute Gasteiger partial charge is 0.410 e. The Kier molecular flexibility index (Phi) is 18.4. The molecule has 2 aliphatic rings. The molecule has 0 unspecified atom stereocenters. The molecule has 6 heterocycles. The van der Waals surface area contributed by atoms with Gasteiger partial charge in [0.05, 0.1) is 61.0 Å². The van der Waals surface area contributed by atoms with Crippen molar-refractivity contribution in [3.8, 4) is 34.3 Å². The summed E-state index contributed by atoms with van der Waals surface area (Å²) in [5.41, 5.74) is 6.06. The Bertz CT molecular complexity index is 4340. The predicted molar refractivity (Wildman–Crippen MR) is 333 cm³/mol. The average Bonchev–Trinajstić information content (AvgIpc) is 1.68. The van der Waals surface area contributed by atoms with Crippen LogP contribution in [0.4, 0.5) is 27.2 Å². The van der Waals surface area contributed by atoms with Crippen LogP contribution in [0.2, 0.25) is 10.0 Å². The third kappa shape index (κ3) is 13.4. The van der Waals surface area contributed by atoms with E-state index in [1.54, 1.807) is 55.3 Å². The molecule has 0 aliphatic carbocycles. The van der Waals surface area contributed by atoms with Crippen molar-refractivity contribution in [2.75, 3.05) is 41.7 Å². The summed E-state index contributed by atoms with van der Waals surface area (Å²) in [4.78, 5) is 73.2. The predicted octanol–water partition coefficient (Wildman–Crippen LogP) is 13.2. The Hall–Kier alpha value is -9.94. The molecule has 10 aromatic rings. The lowest BCUT2D eigenvalue weighted by molar-refractivity contribution is 0.0396. The first kappa shape index (κ1) is 63.2. The molecule has 25 heteroatoms. The summed E-state index contributed by atoms with van der Waals surface area (Å²) in [7, 11) is 5.60. The Morgan fingerprint density at radius 3 is 1.31 bits per heavy atom. The van der Waals surface area contributed by atoms with Gasteiger partial charge in [-0.15, -0.1) is 0 Å². The normalized spacial score (nSPS) is 12.6. The summed E-state index contributed by atoms with van der Waals surface area (Å²) in [6.07, 6.45) is -1.02. The highest BCUT2D eigenvalue weighted by atomic mass is 35.5. The molecule has 0 fully saturated rings. The summed E-state index contributed by atoms with van der Waals surface area (Å²) >= 11 is 13.7. The lowest BCUT2D eigenvalue weighted by Gasteiger charge is -2.13. The number of nitrogens with zero attached hydrogens (tertiary/aromatic N) is 8. The maximum absolute atomic E-state index is 16.2. The molecule has 4 aromatic heterocycles. The average molecular weight is 1310 g/mol. The van der Waals surface area contributed by atoms with Crippen LogP contribution >= 0.6 is 23.2 Å². The molecule has 0 saturated carbocycles. The summed E-state index contributed by atoms with van der Waals surface area (Å²) in [5.74, 6) is -4.83. The Labute approximate surface area is 538 Å². The first-order valence-electron chi connectivity index (χ1n) is 29.1. The fraction of sp³-hybridized carbons (Fsp3) is 0.235. The SMILES string of the molecule is COCCn1c(Cc2cc(F)c(-c3cccc(OCc4ccc5c(c4)CN(C(=O)OC)C5)n3)cc2Cl)nc2c(F)cc(C(=O)OC(=O)c3cc(F)c4nc(Cc5cc(F)c(-c6cccc(OCc7ccc8c(c7)CN(C(=O)OC)C8)n6)cc5Cl)n(CCOC)c4c3)cc21. The van der Waals surface area contributed by atoms with Gasteiger partial charge in [-0.1, -0.05) is 71.7 Å². The highest BCUT2D eigenvalue weighted by molar-refractivity contribution is 6.32. The van der Waals surface area contributed by atoms with E-state index in [0.717, 1.165) is 45.5 Å². The van der Waals surface area contributed by atoms with Crippen LogP contribution in [0.25, 0.3) is 44.6 Å². The fourth-order valence-electron chi connectivity index (χ4n) is 11.4. The Morgan fingerprint density at radius 1 is 0.484 bits per heavy atom. The van der Waals surface area contributed by atoms with E-state index in [9.17, 15) is 19.2 Å². The van der Waals surface area contributed by atoms with E-state index in [4.69, 9.17) is 56.4 Å². The molecule has 12 rings (SSSR count). The third-order valence-electron chi connectivity index (χ3n) is 16.1. The number of esters is 2. The van der Waals surface area contributed by atoms with Crippen molar-refractivity contribution in [3.05, 3.63) is 222 Å². The monoisotopic (exact) mass is 1310 g/mol. The third-order valence-corrected chi connectivity index (χ3v) is 16.8. The van der Waals surface area contributed by atoms with E-state index in [-0.39, 0.29) is 142 Å². The number of hydrogen-bond acceptors (Lipinski definition) is 15. The van der Waals surface area contributed by atoms with Crippen molar-refractivity contribution in [2.45, 2.75) is 65.3 Å². The molecule has 2 amide bonds. The van der Waals surface area contributed by atoms with E-state index in [1.165, 1.54) is 64.8 Å². The quantitative estimate of drug-likeness (QED) is 0.0302. The van der Waals surface area contributed by atoms with Crippen LogP contribution < -0.4 is 9.47 Å². The van der Waals surface area contributed by atoms with Crippen LogP contribution in [0.3, 0.4) is 0 Å². The van der Waals surface area contributed by atoms with Crippen LogP contribution in [0.5, 0.6) is 11.8 Å². The number of carbonyl (C=O) groups is 4. The van der Waals surface area contributed by atoms with Crippen LogP contribution in [0, 0.1) is 23.3 Å². The van der Waals surface area contributed by atoms with Crippen LogP contribution in [-0.4, -0.2) is 105 Å². The fourth-order valence-corrected chi connectivity index (χ4v) is 11.9. The zero-order chi connectivity index (χ0) is 65.2. The minimum Gasteiger partial charge on any atom is -0.473 e. The van der Waals surface area contributed by atoms with Crippen molar-refractivity contribution < 1.29 is 69.9 Å². The topological polar surface area (TPSA) is 201 Å². The lowest BCUT2D eigenvalue weighted by atomic mass is 10.0. The van der Waals surface area contributed by atoms with Crippen molar-refractivity contribution >= 4 is 69.4 Å². The van der Waals surface area contributed by atoms with Gasteiger partial charge in [0.15, 0.2) is 11.6 Å². The van der Waals surface area contributed by atoms with Gasteiger partial charge >= 0.3 is 24.1 Å². The number of carbonyl (C=O) groups excluding carboxylic acids is 4. The number of ether oxygens (including phenoxy) is 7. The number of methoxy groups -OCH3 is 4. The molecule has 2 aliphatic heterocycles. The second kappa shape index (κ2) is 27.1. The van der Waals surface area contributed by atoms with Gasteiger partial charge in [-0.05, 0) is 105 Å². The molecule has 0 saturated heterocycles. The number of fused-ring (bicyclic) bond motifs is 4. The van der Waals surface area contributed by atoms with Gasteiger partial charge in [0.1, 0.15) is 47.5 Å². The maximum Gasteiger partial charge on any atom is 0.410 e. The number of halogens is 6. The Balaban J connectivity index is 0.731. The number of pyridine rings is 2. The molecule has 93 heavy (non-hydrogen) atoms. The highest BCUT2D eigenvalue weighted by Crippen LogP contribution is 2.35. The molecule has 0 radical (unpaired) electrons. The first-order chi connectivity index (χ1) is 44.9. The zero-order valence-electron chi connectivity index (χ0n) is 50.4. The number of hydrogen-bond donors (Lipinski definition) is 0. The highest BCUT2D eigenvalue weighted by Gasteiger charge is 2.28. The summed E-state index contributed by atoms with van der Waals surface area (Å²) < 4.78 is 106. The largest absolute Gasteiger partial charge is 0.473 e. The number of amides is 2. The molecule has 0 spiro atoms. The molecule has 0 atom stereocenters. The van der Waals surface area contributed by atoms with Crippen molar-refractivity contribution in [1.29, 1.82) is 0 Å². The van der Waals surface area contributed by atoms with Gasteiger partial charge in [-0.2, -0.15) is 0 Å². The molecule has 6 aromatic carbocycles. The number of aromatic nitrogens is 6. The molecular formula is C68H56Cl2F4N8O11.